The van der Waals surface area contributed by atoms with Gasteiger partial charge in [0.1, 0.15) is 0 Å². The maximum absolute atomic E-state index is 11.0. The maximum atomic E-state index is 11.0. The van der Waals surface area contributed by atoms with E-state index in [-0.39, 0.29) is 5.78 Å². The monoisotopic (exact) mass is 168 g/mol. The molecule has 2 unspecified atom stereocenters. The van der Waals surface area contributed by atoms with Crippen LogP contribution in [0.15, 0.2) is 24.3 Å². The molecule has 2 N–H and O–H groups in total. The molecule has 4 heteroatoms. The second-order valence-electron chi connectivity index (χ2n) is 2.46. The minimum Gasteiger partial charge on any atom is -0.479 e. The SMILES string of the molecule is O=C(O)C(O)C1C=CC=CC1=O. The van der Waals surface area contributed by atoms with E-state index in [2.05, 4.69) is 0 Å². The summed E-state index contributed by atoms with van der Waals surface area (Å²) in [6, 6.07) is 0. The largest absolute Gasteiger partial charge is 0.479 e. The van der Waals surface area contributed by atoms with Crippen LogP contribution in [0.5, 0.6) is 0 Å². The summed E-state index contributed by atoms with van der Waals surface area (Å²) in [5.41, 5.74) is 0. The molecular formula is C8H8O4. The zero-order valence-corrected chi connectivity index (χ0v) is 6.18. The van der Waals surface area contributed by atoms with Gasteiger partial charge in [0.25, 0.3) is 0 Å². The quantitative estimate of drug-likeness (QED) is 0.595. The number of aliphatic hydroxyl groups excluding tert-OH is 1. The third kappa shape index (κ3) is 1.60. The van der Waals surface area contributed by atoms with Gasteiger partial charge >= 0.3 is 5.97 Å². The molecule has 0 heterocycles. The molecule has 0 bridgehead atoms. The summed E-state index contributed by atoms with van der Waals surface area (Å²) >= 11 is 0. The number of carbonyl (C=O) groups is 2. The number of allylic oxidation sites excluding steroid dienone is 3. The Bertz CT molecular complexity index is 264. The number of carbonyl (C=O) groups excluding carboxylic acids is 1. The number of carboxylic acids is 1. The Balaban J connectivity index is 2.76. The van der Waals surface area contributed by atoms with Crippen LogP contribution in [0.4, 0.5) is 0 Å². The molecule has 0 aromatic rings. The van der Waals surface area contributed by atoms with Crippen LogP contribution < -0.4 is 0 Å². The number of hydrogen-bond acceptors (Lipinski definition) is 3. The first-order valence-corrected chi connectivity index (χ1v) is 3.42. The first-order valence-electron chi connectivity index (χ1n) is 3.42. The number of aliphatic carboxylic acids is 1. The summed E-state index contributed by atoms with van der Waals surface area (Å²) in [7, 11) is 0. The Morgan fingerprint density at radius 1 is 1.50 bits per heavy atom. The van der Waals surface area contributed by atoms with Gasteiger partial charge in [-0.25, -0.2) is 4.79 Å². The fourth-order valence-corrected chi connectivity index (χ4v) is 0.955. The van der Waals surface area contributed by atoms with Crippen molar-refractivity contribution >= 4 is 11.8 Å². The van der Waals surface area contributed by atoms with Gasteiger partial charge in [-0.15, -0.1) is 0 Å². The van der Waals surface area contributed by atoms with Gasteiger partial charge in [-0.3, -0.25) is 4.79 Å². The van der Waals surface area contributed by atoms with Crippen LogP contribution in [0.25, 0.3) is 0 Å². The molecule has 1 aliphatic carbocycles. The third-order valence-corrected chi connectivity index (χ3v) is 1.61. The van der Waals surface area contributed by atoms with Crippen LogP contribution in [0.1, 0.15) is 0 Å². The van der Waals surface area contributed by atoms with Gasteiger partial charge < -0.3 is 10.2 Å². The summed E-state index contributed by atoms with van der Waals surface area (Å²) < 4.78 is 0. The van der Waals surface area contributed by atoms with Crippen molar-refractivity contribution in [2.75, 3.05) is 0 Å². The van der Waals surface area contributed by atoms with Gasteiger partial charge in [-0.05, 0) is 6.08 Å². The molecule has 0 aromatic carbocycles. The highest BCUT2D eigenvalue weighted by molar-refractivity contribution is 5.97. The van der Waals surface area contributed by atoms with E-state index in [0.29, 0.717) is 0 Å². The highest BCUT2D eigenvalue weighted by Gasteiger charge is 2.28. The summed E-state index contributed by atoms with van der Waals surface area (Å²) in [5, 5.41) is 17.4. The van der Waals surface area contributed by atoms with Crippen molar-refractivity contribution in [2.24, 2.45) is 5.92 Å². The van der Waals surface area contributed by atoms with Crippen molar-refractivity contribution in [3.05, 3.63) is 24.3 Å². The van der Waals surface area contributed by atoms with Crippen LogP contribution in [0, 0.1) is 5.92 Å². The lowest BCUT2D eigenvalue weighted by Crippen LogP contribution is -2.33. The van der Waals surface area contributed by atoms with Crippen LogP contribution in [-0.4, -0.2) is 28.1 Å². The van der Waals surface area contributed by atoms with Gasteiger partial charge in [-0.1, -0.05) is 18.2 Å². The predicted octanol–water partition coefficient (Wildman–Crippen LogP) is -0.257. The van der Waals surface area contributed by atoms with Crippen molar-refractivity contribution in [1.29, 1.82) is 0 Å². The number of rotatable bonds is 2. The molecule has 0 aliphatic heterocycles. The van der Waals surface area contributed by atoms with Crippen LogP contribution in [-0.2, 0) is 9.59 Å². The molecule has 64 valence electrons. The Morgan fingerprint density at radius 3 is 2.67 bits per heavy atom. The lowest BCUT2D eigenvalue weighted by atomic mass is 9.94. The Kier molecular flexibility index (Phi) is 2.40. The summed E-state index contributed by atoms with van der Waals surface area (Å²) in [6.45, 7) is 0. The zero-order chi connectivity index (χ0) is 9.14. The fraction of sp³-hybridized carbons (Fsp3) is 0.250. The van der Waals surface area contributed by atoms with Gasteiger partial charge in [0.05, 0.1) is 5.92 Å². The molecule has 2 atom stereocenters. The molecule has 1 rings (SSSR count). The summed E-state index contributed by atoms with van der Waals surface area (Å²) in [6.07, 6.45) is 4.03. The van der Waals surface area contributed by atoms with Gasteiger partial charge in [0.2, 0.25) is 0 Å². The highest BCUT2D eigenvalue weighted by atomic mass is 16.4. The Morgan fingerprint density at radius 2 is 2.17 bits per heavy atom. The highest BCUT2D eigenvalue weighted by Crippen LogP contribution is 2.12. The first-order chi connectivity index (χ1) is 5.63. The summed E-state index contributed by atoms with van der Waals surface area (Å²) in [4.78, 5) is 21.3. The van der Waals surface area contributed by atoms with Gasteiger partial charge in [0, 0.05) is 0 Å². The van der Waals surface area contributed by atoms with Crippen LogP contribution in [0.3, 0.4) is 0 Å². The van der Waals surface area contributed by atoms with E-state index in [0.717, 1.165) is 0 Å². The molecule has 0 amide bonds. The maximum Gasteiger partial charge on any atom is 0.333 e. The van der Waals surface area contributed by atoms with Gasteiger partial charge in [0.15, 0.2) is 11.9 Å². The number of ketones is 1. The number of carboxylic acid groups (broad SMARTS) is 1. The van der Waals surface area contributed by atoms with Crippen molar-refractivity contribution in [3.8, 4) is 0 Å². The summed E-state index contributed by atoms with van der Waals surface area (Å²) in [5.74, 6) is -2.70. The Labute approximate surface area is 68.8 Å². The van der Waals surface area contributed by atoms with Crippen molar-refractivity contribution in [3.63, 3.8) is 0 Å². The van der Waals surface area contributed by atoms with Crippen LogP contribution >= 0.6 is 0 Å². The molecule has 12 heavy (non-hydrogen) atoms. The topological polar surface area (TPSA) is 74.6 Å². The van der Waals surface area contributed by atoms with Crippen LogP contribution in [0.2, 0.25) is 0 Å². The lowest BCUT2D eigenvalue weighted by molar-refractivity contribution is -0.150. The lowest BCUT2D eigenvalue weighted by Gasteiger charge is -2.14. The van der Waals surface area contributed by atoms with E-state index >= 15 is 0 Å². The van der Waals surface area contributed by atoms with Crippen molar-refractivity contribution in [1.82, 2.24) is 0 Å². The molecule has 0 saturated carbocycles. The third-order valence-electron chi connectivity index (χ3n) is 1.61. The van der Waals surface area contributed by atoms with E-state index in [4.69, 9.17) is 10.2 Å². The van der Waals surface area contributed by atoms with E-state index in [9.17, 15) is 9.59 Å². The average molecular weight is 168 g/mol. The van der Waals surface area contributed by atoms with E-state index in [1.807, 2.05) is 0 Å². The molecule has 0 fully saturated rings. The zero-order valence-electron chi connectivity index (χ0n) is 6.18. The number of aliphatic hydroxyl groups is 1. The second-order valence-corrected chi connectivity index (χ2v) is 2.46. The first kappa shape index (κ1) is 8.67. The molecule has 0 aromatic heterocycles. The van der Waals surface area contributed by atoms with E-state index in [1.165, 1.54) is 24.3 Å². The molecular weight excluding hydrogens is 160 g/mol. The van der Waals surface area contributed by atoms with E-state index < -0.39 is 18.0 Å². The van der Waals surface area contributed by atoms with Crippen molar-refractivity contribution < 1.29 is 19.8 Å². The predicted molar refractivity (Wildman–Crippen MR) is 40.4 cm³/mol. The molecule has 4 nitrogen and oxygen atoms in total. The second kappa shape index (κ2) is 3.32. The fourth-order valence-electron chi connectivity index (χ4n) is 0.955. The smallest absolute Gasteiger partial charge is 0.333 e. The number of hydrogen-bond donors (Lipinski definition) is 2. The minimum atomic E-state index is -1.64. The minimum absolute atomic E-state index is 0.382. The van der Waals surface area contributed by atoms with E-state index in [1.54, 1.807) is 0 Å². The van der Waals surface area contributed by atoms with Crippen molar-refractivity contribution in [2.45, 2.75) is 6.10 Å². The molecule has 0 radical (unpaired) electrons. The Hall–Kier alpha value is -1.42. The average Bonchev–Trinajstić information content (AvgIpc) is 2.04. The normalized spacial score (nSPS) is 24.1. The molecule has 0 saturated heterocycles. The standard InChI is InChI=1S/C8H8O4/c9-6-4-2-1-3-5(6)7(10)8(11)12/h1-5,7,10H,(H,11,12). The van der Waals surface area contributed by atoms with Gasteiger partial charge in [-0.2, -0.15) is 0 Å². The molecule has 1 aliphatic rings. The molecule has 0 spiro atoms.